The molecule has 11 rings (SSSR count). The molecule has 0 N–H and O–H groups in total. The molecule has 0 aliphatic heterocycles. The van der Waals surface area contributed by atoms with Crippen molar-refractivity contribution in [3.63, 3.8) is 0 Å². The van der Waals surface area contributed by atoms with Crippen molar-refractivity contribution in [2.75, 3.05) is 0 Å². The van der Waals surface area contributed by atoms with Crippen LogP contribution in [0, 0.1) is 0 Å². The number of benzene rings is 8. The highest BCUT2D eigenvalue weighted by atomic mass is 16.3. The summed E-state index contributed by atoms with van der Waals surface area (Å²) >= 11 is 0. The molecule has 0 saturated carbocycles. The Morgan fingerprint density at radius 3 is 1.65 bits per heavy atom. The lowest BCUT2D eigenvalue weighted by Gasteiger charge is -2.16. The minimum atomic E-state index is 0.683. The van der Waals surface area contributed by atoms with E-state index in [9.17, 15) is 0 Å². The van der Waals surface area contributed by atoms with Crippen molar-refractivity contribution in [3.05, 3.63) is 200 Å². The summed E-state index contributed by atoms with van der Waals surface area (Å²) in [5, 5.41) is 5.53. The fraction of sp³-hybridized carbons (Fsp3) is 0. The first kappa shape index (κ1) is 32.7. The maximum Gasteiger partial charge on any atom is 0.160 e. The number of pyridine rings is 1. The van der Waals surface area contributed by atoms with Gasteiger partial charge in [0.25, 0.3) is 0 Å². The van der Waals surface area contributed by atoms with E-state index in [0.717, 1.165) is 99.6 Å². The summed E-state index contributed by atoms with van der Waals surface area (Å²) in [6.07, 6.45) is 0. The number of nitrogens with zero attached hydrogens (tertiary/aromatic N) is 3. The van der Waals surface area contributed by atoms with E-state index in [0.29, 0.717) is 5.82 Å². The van der Waals surface area contributed by atoms with Crippen molar-refractivity contribution in [2.45, 2.75) is 0 Å². The van der Waals surface area contributed by atoms with E-state index in [1.54, 1.807) is 0 Å². The van der Waals surface area contributed by atoms with Gasteiger partial charge in [0.05, 0.1) is 22.6 Å². The Labute approximate surface area is 329 Å². The molecule has 0 spiro atoms. The van der Waals surface area contributed by atoms with Crippen molar-refractivity contribution < 1.29 is 4.42 Å². The zero-order chi connectivity index (χ0) is 37.7. The van der Waals surface area contributed by atoms with E-state index in [1.807, 2.05) is 36.4 Å². The molecule has 11 aromatic rings. The van der Waals surface area contributed by atoms with Crippen LogP contribution in [0.25, 0.3) is 111 Å². The third kappa shape index (κ3) is 5.74. The summed E-state index contributed by atoms with van der Waals surface area (Å²) in [7, 11) is 0. The lowest BCUT2D eigenvalue weighted by Crippen LogP contribution is -1.96. The number of para-hydroxylation sites is 2. The van der Waals surface area contributed by atoms with Gasteiger partial charge in [0.1, 0.15) is 11.2 Å². The predicted octanol–water partition coefficient (Wildman–Crippen LogP) is 14.1. The first-order valence-electron chi connectivity index (χ1n) is 19.2. The van der Waals surface area contributed by atoms with Gasteiger partial charge in [-0.2, -0.15) is 0 Å². The molecule has 0 amide bonds. The van der Waals surface area contributed by atoms with E-state index in [-0.39, 0.29) is 0 Å². The molecule has 0 aliphatic carbocycles. The van der Waals surface area contributed by atoms with Crippen molar-refractivity contribution in [2.24, 2.45) is 0 Å². The van der Waals surface area contributed by atoms with Gasteiger partial charge in [0, 0.05) is 54.7 Å². The third-order valence-electron chi connectivity index (χ3n) is 10.9. The van der Waals surface area contributed by atoms with Crippen LogP contribution >= 0.6 is 0 Å². The Morgan fingerprint density at radius 2 is 0.895 bits per heavy atom. The van der Waals surface area contributed by atoms with Gasteiger partial charge in [-0.1, -0.05) is 170 Å². The number of rotatable bonds is 6. The van der Waals surface area contributed by atoms with Crippen LogP contribution < -0.4 is 0 Å². The molecule has 4 heteroatoms. The van der Waals surface area contributed by atoms with Gasteiger partial charge in [-0.3, -0.25) is 0 Å². The quantitative estimate of drug-likeness (QED) is 0.160. The largest absolute Gasteiger partial charge is 0.456 e. The fourth-order valence-corrected chi connectivity index (χ4v) is 8.18. The number of hydrogen-bond donors (Lipinski definition) is 0. The van der Waals surface area contributed by atoms with E-state index in [1.165, 1.54) is 5.56 Å². The Balaban J connectivity index is 1.10. The van der Waals surface area contributed by atoms with E-state index >= 15 is 0 Å². The van der Waals surface area contributed by atoms with Gasteiger partial charge in [0.15, 0.2) is 5.82 Å². The van der Waals surface area contributed by atoms with E-state index in [4.69, 9.17) is 19.4 Å². The SMILES string of the molecule is c1ccc(-c2cccc(-c3cc(-c4ccc(-c5nc6ccccc6c6c(-c7ccccc7)c7c(cc56)oc5ccccc57)cc4)nc(-c4ccccc4)n3)c2)cc1. The molecule has 3 aromatic heterocycles. The Hall–Kier alpha value is -7.69. The van der Waals surface area contributed by atoms with Gasteiger partial charge in [0.2, 0.25) is 0 Å². The molecular weight excluding hydrogens is 695 g/mol. The second-order valence-corrected chi connectivity index (χ2v) is 14.3. The van der Waals surface area contributed by atoms with Crippen molar-refractivity contribution in [3.8, 4) is 67.4 Å². The average Bonchev–Trinajstić information content (AvgIpc) is 3.67. The molecule has 57 heavy (non-hydrogen) atoms. The van der Waals surface area contributed by atoms with Crippen molar-refractivity contribution in [1.29, 1.82) is 0 Å². The van der Waals surface area contributed by atoms with Crippen molar-refractivity contribution >= 4 is 43.6 Å². The van der Waals surface area contributed by atoms with Crippen LogP contribution in [0.15, 0.2) is 205 Å². The summed E-state index contributed by atoms with van der Waals surface area (Å²) in [5.41, 5.74) is 13.9. The second-order valence-electron chi connectivity index (χ2n) is 14.3. The molecule has 0 saturated heterocycles. The smallest absolute Gasteiger partial charge is 0.160 e. The lowest BCUT2D eigenvalue weighted by molar-refractivity contribution is 0.669. The molecule has 0 bridgehead atoms. The molecule has 4 nitrogen and oxygen atoms in total. The fourth-order valence-electron chi connectivity index (χ4n) is 8.18. The molecule has 3 heterocycles. The van der Waals surface area contributed by atoms with Crippen molar-refractivity contribution in [1.82, 2.24) is 15.0 Å². The monoisotopic (exact) mass is 727 g/mol. The number of furan rings is 1. The summed E-state index contributed by atoms with van der Waals surface area (Å²) in [5.74, 6) is 0.683. The summed E-state index contributed by atoms with van der Waals surface area (Å²) < 4.78 is 6.59. The molecule has 266 valence electrons. The van der Waals surface area contributed by atoms with Gasteiger partial charge in [-0.25, -0.2) is 15.0 Å². The molecule has 0 radical (unpaired) electrons. The van der Waals surface area contributed by atoms with Gasteiger partial charge in [-0.15, -0.1) is 0 Å². The lowest BCUT2D eigenvalue weighted by atomic mass is 9.89. The van der Waals surface area contributed by atoms with Crippen LogP contribution in [0.2, 0.25) is 0 Å². The van der Waals surface area contributed by atoms with Crippen LogP contribution in [0.3, 0.4) is 0 Å². The third-order valence-corrected chi connectivity index (χ3v) is 10.9. The maximum atomic E-state index is 6.59. The van der Waals surface area contributed by atoms with Crippen LogP contribution in [-0.2, 0) is 0 Å². The molecule has 0 unspecified atom stereocenters. The number of hydrogen-bond acceptors (Lipinski definition) is 4. The maximum absolute atomic E-state index is 6.59. The molecular formula is C53H33N3O. The summed E-state index contributed by atoms with van der Waals surface area (Å²) in [4.78, 5) is 15.6. The number of fused-ring (bicyclic) bond motifs is 6. The van der Waals surface area contributed by atoms with E-state index in [2.05, 4.69) is 164 Å². The summed E-state index contributed by atoms with van der Waals surface area (Å²) in [6.45, 7) is 0. The first-order chi connectivity index (χ1) is 28.2. The zero-order valence-electron chi connectivity index (χ0n) is 30.8. The number of aromatic nitrogens is 3. The first-order valence-corrected chi connectivity index (χ1v) is 19.2. The Morgan fingerprint density at radius 1 is 0.316 bits per heavy atom. The van der Waals surface area contributed by atoms with Crippen LogP contribution in [0.5, 0.6) is 0 Å². The highest BCUT2D eigenvalue weighted by molar-refractivity contribution is 6.27. The predicted molar refractivity (Wildman–Crippen MR) is 235 cm³/mol. The zero-order valence-corrected chi connectivity index (χ0v) is 30.8. The molecule has 0 fully saturated rings. The van der Waals surface area contributed by atoms with Gasteiger partial charge < -0.3 is 4.42 Å². The highest BCUT2D eigenvalue weighted by Crippen LogP contribution is 2.46. The van der Waals surface area contributed by atoms with E-state index < -0.39 is 0 Å². The average molecular weight is 728 g/mol. The van der Waals surface area contributed by atoms with Crippen LogP contribution in [0.1, 0.15) is 0 Å². The van der Waals surface area contributed by atoms with Gasteiger partial charge >= 0.3 is 0 Å². The van der Waals surface area contributed by atoms with Gasteiger partial charge in [-0.05, 0) is 47.0 Å². The molecule has 0 aliphatic rings. The Kier molecular flexibility index (Phi) is 7.78. The molecule has 0 atom stereocenters. The Bertz CT molecular complexity index is 3260. The summed E-state index contributed by atoms with van der Waals surface area (Å²) in [6, 6.07) is 69.6. The minimum Gasteiger partial charge on any atom is -0.456 e. The molecule has 8 aromatic carbocycles. The standard InChI is InChI=1S/C53H33N3O/c1-4-15-34(16-5-1)39-21-14-22-40(31-39)46-33-45(55-53(56-46)38-19-8-3-9-20-38)35-27-29-37(30-28-35)52-43-32-48-51(42-24-11-13-26-47(42)57-48)49(36-17-6-2-7-18-36)50(43)41-23-10-12-25-44(41)54-52/h1-33H. The topological polar surface area (TPSA) is 51.8 Å². The highest BCUT2D eigenvalue weighted by Gasteiger charge is 2.22. The van der Waals surface area contributed by atoms with Crippen LogP contribution in [0.4, 0.5) is 0 Å². The minimum absolute atomic E-state index is 0.683. The second kappa shape index (κ2) is 13.6. The van der Waals surface area contributed by atoms with Crippen LogP contribution in [-0.4, -0.2) is 15.0 Å². The normalized spacial score (nSPS) is 11.5.